The highest BCUT2D eigenvalue weighted by Gasteiger charge is 2.29. The van der Waals surface area contributed by atoms with E-state index in [4.69, 9.17) is 0 Å². The van der Waals surface area contributed by atoms with Gasteiger partial charge in [0.05, 0.1) is 12.2 Å². The molecule has 3 N–H and O–H groups in total. The lowest BCUT2D eigenvalue weighted by Gasteiger charge is -2.12. The van der Waals surface area contributed by atoms with Gasteiger partial charge in [-0.25, -0.2) is 18.1 Å². The highest BCUT2D eigenvalue weighted by molar-refractivity contribution is 7.89. The molecular formula is C12H15N5O2S. The van der Waals surface area contributed by atoms with Crippen LogP contribution in [-0.4, -0.2) is 29.6 Å². The number of hydrogen-bond acceptors (Lipinski definition) is 5. The van der Waals surface area contributed by atoms with Crippen molar-refractivity contribution < 1.29 is 8.42 Å². The predicted octanol–water partition coefficient (Wildman–Crippen LogP) is 0.857. The van der Waals surface area contributed by atoms with Crippen molar-refractivity contribution in [2.75, 3.05) is 5.32 Å². The first-order chi connectivity index (χ1) is 9.65. The molecule has 0 atom stereocenters. The fraction of sp³-hybridized carbons (Fsp3) is 0.333. The molecule has 0 bridgehead atoms. The van der Waals surface area contributed by atoms with Gasteiger partial charge in [0, 0.05) is 6.04 Å². The maximum Gasteiger partial charge on any atom is 0.242 e. The number of aromatic amines is 1. The van der Waals surface area contributed by atoms with Gasteiger partial charge >= 0.3 is 0 Å². The standard InChI is InChI=1S/C12H15N5O2S/c18-20(19,17-9-5-6-9)11-4-2-1-3-10(11)13-7-12-14-8-15-16-12/h1-4,8-9,13,17H,5-7H2,(H,14,15,16). The summed E-state index contributed by atoms with van der Waals surface area (Å²) < 4.78 is 27.2. The number of benzene rings is 1. The molecule has 1 saturated carbocycles. The van der Waals surface area contributed by atoms with Crippen molar-refractivity contribution in [3.63, 3.8) is 0 Å². The van der Waals surface area contributed by atoms with Crippen LogP contribution in [0.25, 0.3) is 0 Å². The van der Waals surface area contributed by atoms with E-state index in [1.54, 1.807) is 24.3 Å². The first-order valence-electron chi connectivity index (χ1n) is 6.34. The molecular weight excluding hydrogens is 278 g/mol. The van der Waals surface area contributed by atoms with E-state index in [0.29, 0.717) is 18.1 Å². The van der Waals surface area contributed by atoms with E-state index in [2.05, 4.69) is 25.2 Å². The zero-order valence-corrected chi connectivity index (χ0v) is 11.5. The quantitative estimate of drug-likeness (QED) is 0.733. The molecule has 0 aliphatic heterocycles. The topological polar surface area (TPSA) is 99.8 Å². The summed E-state index contributed by atoms with van der Waals surface area (Å²) in [5.74, 6) is 0.646. The van der Waals surface area contributed by atoms with Crippen molar-refractivity contribution in [1.82, 2.24) is 19.9 Å². The summed E-state index contributed by atoms with van der Waals surface area (Å²) in [4.78, 5) is 4.24. The van der Waals surface area contributed by atoms with Gasteiger partial charge in [0.1, 0.15) is 17.0 Å². The maximum absolute atomic E-state index is 12.3. The van der Waals surface area contributed by atoms with Crippen LogP contribution < -0.4 is 10.0 Å². The van der Waals surface area contributed by atoms with Gasteiger partial charge in [0.15, 0.2) is 0 Å². The molecule has 1 aliphatic carbocycles. The summed E-state index contributed by atoms with van der Waals surface area (Å²) in [6, 6.07) is 6.91. The zero-order chi connectivity index (χ0) is 14.0. The Hall–Kier alpha value is -1.93. The Bertz CT molecular complexity index is 680. The minimum atomic E-state index is -3.48. The number of H-pyrrole nitrogens is 1. The monoisotopic (exact) mass is 293 g/mol. The van der Waals surface area contributed by atoms with E-state index in [9.17, 15) is 8.42 Å². The Kier molecular flexibility index (Phi) is 3.41. The van der Waals surface area contributed by atoms with Gasteiger partial charge < -0.3 is 5.32 Å². The van der Waals surface area contributed by atoms with Gasteiger partial charge in [0.2, 0.25) is 10.0 Å². The summed E-state index contributed by atoms with van der Waals surface area (Å²) in [6.45, 7) is 0.385. The largest absolute Gasteiger partial charge is 0.377 e. The molecule has 1 aromatic heterocycles. The van der Waals surface area contributed by atoms with E-state index < -0.39 is 10.0 Å². The molecule has 8 heteroatoms. The molecule has 1 aromatic carbocycles. The molecule has 106 valence electrons. The molecule has 1 fully saturated rings. The second-order valence-electron chi connectivity index (χ2n) is 4.68. The molecule has 0 amide bonds. The van der Waals surface area contributed by atoms with Crippen LogP contribution in [0.4, 0.5) is 5.69 Å². The smallest absolute Gasteiger partial charge is 0.242 e. The van der Waals surface area contributed by atoms with Crippen LogP contribution in [0, 0.1) is 0 Å². The first-order valence-corrected chi connectivity index (χ1v) is 7.83. The lowest BCUT2D eigenvalue weighted by Crippen LogP contribution is -2.26. The van der Waals surface area contributed by atoms with Crippen molar-refractivity contribution in [3.05, 3.63) is 36.4 Å². The molecule has 1 aliphatic rings. The summed E-state index contributed by atoms with van der Waals surface area (Å²) in [5, 5.41) is 9.53. The second kappa shape index (κ2) is 5.22. The number of anilines is 1. The Labute approximate surface area is 116 Å². The van der Waals surface area contributed by atoms with Crippen molar-refractivity contribution in [3.8, 4) is 0 Å². The molecule has 3 rings (SSSR count). The van der Waals surface area contributed by atoms with E-state index in [1.807, 2.05) is 0 Å². The molecule has 7 nitrogen and oxygen atoms in total. The van der Waals surface area contributed by atoms with E-state index in [1.165, 1.54) is 6.33 Å². The minimum absolute atomic E-state index is 0.0855. The number of hydrogen-bond donors (Lipinski definition) is 3. The van der Waals surface area contributed by atoms with Gasteiger partial charge in [0.25, 0.3) is 0 Å². The van der Waals surface area contributed by atoms with Crippen LogP contribution in [0.15, 0.2) is 35.5 Å². The number of aromatic nitrogens is 3. The predicted molar refractivity (Wildman–Crippen MR) is 73.5 cm³/mol. The van der Waals surface area contributed by atoms with Crippen LogP contribution in [0.5, 0.6) is 0 Å². The normalized spacial score (nSPS) is 15.2. The van der Waals surface area contributed by atoms with Crippen molar-refractivity contribution in [2.24, 2.45) is 0 Å². The third-order valence-electron chi connectivity index (χ3n) is 2.99. The highest BCUT2D eigenvalue weighted by atomic mass is 32.2. The first kappa shape index (κ1) is 13.1. The Morgan fingerprint density at radius 3 is 2.80 bits per heavy atom. The van der Waals surface area contributed by atoms with Crippen LogP contribution in [0.3, 0.4) is 0 Å². The zero-order valence-electron chi connectivity index (χ0n) is 10.7. The molecule has 20 heavy (non-hydrogen) atoms. The lowest BCUT2D eigenvalue weighted by molar-refractivity contribution is 0.581. The van der Waals surface area contributed by atoms with E-state index in [0.717, 1.165) is 12.8 Å². The molecule has 0 unspecified atom stereocenters. The fourth-order valence-corrected chi connectivity index (χ4v) is 3.31. The average molecular weight is 293 g/mol. The molecule has 1 heterocycles. The molecule has 0 saturated heterocycles. The third-order valence-corrected chi connectivity index (χ3v) is 4.57. The Morgan fingerprint density at radius 1 is 1.30 bits per heavy atom. The van der Waals surface area contributed by atoms with Crippen molar-refractivity contribution in [2.45, 2.75) is 30.3 Å². The van der Waals surface area contributed by atoms with E-state index in [-0.39, 0.29) is 10.9 Å². The molecule has 0 radical (unpaired) electrons. The van der Waals surface area contributed by atoms with Crippen LogP contribution >= 0.6 is 0 Å². The van der Waals surface area contributed by atoms with Gasteiger partial charge in [-0.15, -0.1) is 0 Å². The van der Waals surface area contributed by atoms with Crippen molar-refractivity contribution >= 4 is 15.7 Å². The number of nitrogens with zero attached hydrogens (tertiary/aromatic N) is 2. The van der Waals surface area contributed by atoms with Gasteiger partial charge in [-0.05, 0) is 25.0 Å². The number of para-hydroxylation sites is 1. The molecule has 0 spiro atoms. The average Bonchev–Trinajstić information content (AvgIpc) is 3.07. The van der Waals surface area contributed by atoms with E-state index >= 15 is 0 Å². The number of sulfonamides is 1. The Morgan fingerprint density at radius 2 is 2.10 bits per heavy atom. The lowest BCUT2D eigenvalue weighted by atomic mass is 10.3. The summed E-state index contributed by atoms with van der Waals surface area (Å²) in [6.07, 6.45) is 3.23. The summed E-state index contributed by atoms with van der Waals surface area (Å²) >= 11 is 0. The fourth-order valence-electron chi connectivity index (χ4n) is 1.83. The van der Waals surface area contributed by atoms with Crippen molar-refractivity contribution in [1.29, 1.82) is 0 Å². The SMILES string of the molecule is O=S(=O)(NC1CC1)c1ccccc1NCc1ncn[nH]1. The summed E-state index contributed by atoms with van der Waals surface area (Å²) in [5.41, 5.74) is 0.553. The van der Waals surface area contributed by atoms with Crippen LogP contribution in [-0.2, 0) is 16.6 Å². The van der Waals surface area contributed by atoms with Gasteiger partial charge in [-0.1, -0.05) is 12.1 Å². The molecule has 2 aromatic rings. The maximum atomic E-state index is 12.3. The van der Waals surface area contributed by atoms with Crippen LogP contribution in [0.2, 0.25) is 0 Å². The van der Waals surface area contributed by atoms with Gasteiger partial charge in [-0.2, -0.15) is 5.10 Å². The second-order valence-corrected chi connectivity index (χ2v) is 6.36. The summed E-state index contributed by atoms with van der Waals surface area (Å²) in [7, 11) is -3.48. The van der Waals surface area contributed by atoms with Gasteiger partial charge in [-0.3, -0.25) is 5.10 Å². The third kappa shape index (κ3) is 2.97. The number of nitrogens with one attached hydrogen (secondary N) is 3. The Balaban J connectivity index is 1.80. The van der Waals surface area contributed by atoms with Crippen LogP contribution in [0.1, 0.15) is 18.7 Å². The minimum Gasteiger partial charge on any atom is -0.377 e. The highest BCUT2D eigenvalue weighted by Crippen LogP contribution is 2.26. The number of rotatable bonds is 6.